The summed E-state index contributed by atoms with van der Waals surface area (Å²) < 4.78 is 1.14. The van der Waals surface area contributed by atoms with Gasteiger partial charge in [0.25, 0.3) is 0 Å². The maximum Gasteiger partial charge on any atom is 0.0323 e. The van der Waals surface area contributed by atoms with Gasteiger partial charge in [-0.3, -0.25) is 0 Å². The molecule has 0 aliphatic carbocycles. The summed E-state index contributed by atoms with van der Waals surface area (Å²) in [6, 6.07) is 11.3. The van der Waals surface area contributed by atoms with Crippen molar-refractivity contribution in [3.05, 3.63) is 56.7 Å². The number of rotatable bonds is 6. The van der Waals surface area contributed by atoms with Crippen molar-refractivity contribution in [3.63, 3.8) is 0 Å². The zero-order valence-corrected chi connectivity index (χ0v) is 12.9. The third-order valence-electron chi connectivity index (χ3n) is 3.02. The van der Waals surface area contributed by atoms with Crippen molar-refractivity contribution < 1.29 is 0 Å². The molecule has 0 bridgehead atoms. The number of nitrogens with one attached hydrogen (secondary N) is 1. The molecule has 1 aromatic heterocycles. The molecule has 3 heteroatoms. The first-order chi connectivity index (χ1) is 8.79. The highest BCUT2D eigenvalue weighted by Gasteiger charge is 2.10. The largest absolute Gasteiger partial charge is 0.310 e. The Morgan fingerprint density at radius 1 is 1.22 bits per heavy atom. The van der Waals surface area contributed by atoms with E-state index in [1.54, 1.807) is 11.3 Å². The summed E-state index contributed by atoms with van der Waals surface area (Å²) in [5, 5.41) is 7.96. The molecule has 18 heavy (non-hydrogen) atoms. The van der Waals surface area contributed by atoms with Crippen LogP contribution in [0.5, 0.6) is 0 Å². The van der Waals surface area contributed by atoms with Crippen LogP contribution in [0.2, 0.25) is 0 Å². The van der Waals surface area contributed by atoms with E-state index in [4.69, 9.17) is 0 Å². The van der Waals surface area contributed by atoms with E-state index < -0.39 is 0 Å². The summed E-state index contributed by atoms with van der Waals surface area (Å²) >= 11 is 5.26. The van der Waals surface area contributed by atoms with Gasteiger partial charge in [0.15, 0.2) is 0 Å². The van der Waals surface area contributed by atoms with Crippen LogP contribution in [0.25, 0.3) is 0 Å². The van der Waals surface area contributed by atoms with Crippen molar-refractivity contribution in [3.8, 4) is 0 Å². The van der Waals surface area contributed by atoms with Crippen LogP contribution in [0.15, 0.2) is 45.6 Å². The van der Waals surface area contributed by atoms with Gasteiger partial charge in [0.05, 0.1) is 0 Å². The van der Waals surface area contributed by atoms with Gasteiger partial charge in [-0.1, -0.05) is 35.0 Å². The van der Waals surface area contributed by atoms with Gasteiger partial charge in [0, 0.05) is 10.5 Å². The lowest BCUT2D eigenvalue weighted by atomic mass is 10.00. The number of hydrogen-bond donors (Lipinski definition) is 1. The third-order valence-corrected chi connectivity index (χ3v) is 4.29. The maximum atomic E-state index is 3.57. The van der Waals surface area contributed by atoms with Crippen LogP contribution in [-0.4, -0.2) is 6.54 Å². The van der Waals surface area contributed by atoms with E-state index in [0.717, 1.165) is 23.9 Å². The van der Waals surface area contributed by atoms with Crippen LogP contribution in [0.4, 0.5) is 0 Å². The van der Waals surface area contributed by atoms with E-state index in [1.807, 2.05) is 0 Å². The summed E-state index contributed by atoms with van der Waals surface area (Å²) in [7, 11) is 0. The van der Waals surface area contributed by atoms with Crippen LogP contribution in [-0.2, 0) is 6.42 Å². The van der Waals surface area contributed by atoms with Gasteiger partial charge < -0.3 is 5.32 Å². The van der Waals surface area contributed by atoms with E-state index in [0.29, 0.717) is 6.04 Å². The molecule has 2 rings (SSSR count). The topological polar surface area (TPSA) is 12.0 Å². The fourth-order valence-electron chi connectivity index (χ4n) is 2.07. The van der Waals surface area contributed by atoms with Crippen molar-refractivity contribution in [2.24, 2.45) is 0 Å². The molecule has 0 saturated heterocycles. The SMILES string of the molecule is CCNC(CCc1ccsc1)c1ccc(Br)cc1. The van der Waals surface area contributed by atoms with E-state index in [9.17, 15) is 0 Å². The minimum Gasteiger partial charge on any atom is -0.310 e. The van der Waals surface area contributed by atoms with Crippen LogP contribution >= 0.6 is 27.3 Å². The molecule has 1 heterocycles. The van der Waals surface area contributed by atoms with Gasteiger partial charge in [0.2, 0.25) is 0 Å². The van der Waals surface area contributed by atoms with Gasteiger partial charge >= 0.3 is 0 Å². The fraction of sp³-hybridized carbons (Fsp3) is 0.333. The second-order valence-corrected chi connectivity index (χ2v) is 6.03. The number of thiophene rings is 1. The van der Waals surface area contributed by atoms with E-state index in [1.165, 1.54) is 11.1 Å². The highest BCUT2D eigenvalue weighted by molar-refractivity contribution is 9.10. The average molecular weight is 324 g/mol. The van der Waals surface area contributed by atoms with Crippen molar-refractivity contribution in [2.45, 2.75) is 25.8 Å². The number of aryl methyl sites for hydroxylation is 1. The Bertz CT molecular complexity index is 450. The molecule has 96 valence electrons. The Morgan fingerprint density at radius 2 is 2.00 bits per heavy atom. The maximum absolute atomic E-state index is 3.57. The second-order valence-electron chi connectivity index (χ2n) is 4.33. The summed E-state index contributed by atoms with van der Waals surface area (Å²) in [6.45, 7) is 3.17. The number of hydrogen-bond acceptors (Lipinski definition) is 2. The summed E-state index contributed by atoms with van der Waals surface area (Å²) in [5.41, 5.74) is 2.82. The first-order valence-corrected chi connectivity index (χ1v) is 8.03. The van der Waals surface area contributed by atoms with Crippen LogP contribution in [0.1, 0.15) is 30.5 Å². The summed E-state index contributed by atoms with van der Waals surface area (Å²) in [5.74, 6) is 0. The lowest BCUT2D eigenvalue weighted by Crippen LogP contribution is -2.21. The lowest BCUT2D eigenvalue weighted by molar-refractivity contribution is 0.515. The lowest BCUT2D eigenvalue weighted by Gasteiger charge is -2.18. The molecular formula is C15H18BrNS. The smallest absolute Gasteiger partial charge is 0.0323 e. The Balaban J connectivity index is 2.01. The van der Waals surface area contributed by atoms with Crippen LogP contribution in [0.3, 0.4) is 0 Å². The monoisotopic (exact) mass is 323 g/mol. The minimum atomic E-state index is 0.447. The van der Waals surface area contributed by atoms with Crippen molar-refractivity contribution in [1.82, 2.24) is 5.32 Å². The zero-order chi connectivity index (χ0) is 12.8. The Kier molecular flexibility index (Phi) is 5.42. The standard InChI is InChI=1S/C15H18BrNS/c1-2-17-15(8-3-12-9-10-18-11-12)13-4-6-14(16)7-5-13/h4-7,9-11,15,17H,2-3,8H2,1H3. The summed E-state index contributed by atoms with van der Waals surface area (Å²) in [6.07, 6.45) is 2.28. The first-order valence-electron chi connectivity index (χ1n) is 6.29. The van der Waals surface area contributed by atoms with Crippen molar-refractivity contribution in [1.29, 1.82) is 0 Å². The van der Waals surface area contributed by atoms with Crippen molar-refractivity contribution >= 4 is 27.3 Å². The van der Waals surface area contributed by atoms with Gasteiger partial charge in [-0.25, -0.2) is 0 Å². The Hall–Kier alpha value is -0.640. The minimum absolute atomic E-state index is 0.447. The predicted octanol–water partition coefficient (Wildman–Crippen LogP) is 4.79. The molecule has 0 aliphatic rings. The van der Waals surface area contributed by atoms with E-state index in [-0.39, 0.29) is 0 Å². The molecule has 0 amide bonds. The molecule has 1 N–H and O–H groups in total. The molecule has 0 aliphatic heterocycles. The van der Waals surface area contributed by atoms with Gasteiger partial charge in [-0.05, 0) is 59.5 Å². The van der Waals surface area contributed by atoms with Crippen molar-refractivity contribution in [2.75, 3.05) is 6.54 Å². The molecule has 1 atom stereocenters. The third kappa shape index (κ3) is 3.94. The molecule has 0 radical (unpaired) electrons. The number of benzene rings is 1. The Morgan fingerprint density at radius 3 is 2.61 bits per heavy atom. The highest BCUT2D eigenvalue weighted by Crippen LogP contribution is 2.22. The van der Waals surface area contributed by atoms with Crippen LogP contribution < -0.4 is 5.32 Å². The fourth-order valence-corrected chi connectivity index (χ4v) is 3.04. The Labute approximate surface area is 121 Å². The number of halogens is 1. The van der Waals surface area contributed by atoms with Gasteiger partial charge in [-0.15, -0.1) is 0 Å². The van der Waals surface area contributed by atoms with E-state index >= 15 is 0 Å². The molecule has 2 aromatic rings. The van der Waals surface area contributed by atoms with Gasteiger partial charge in [0.1, 0.15) is 0 Å². The highest BCUT2D eigenvalue weighted by atomic mass is 79.9. The quantitative estimate of drug-likeness (QED) is 0.805. The average Bonchev–Trinajstić information content (AvgIpc) is 2.89. The predicted molar refractivity (Wildman–Crippen MR) is 83.2 cm³/mol. The van der Waals surface area contributed by atoms with Crippen LogP contribution in [0, 0.1) is 0 Å². The van der Waals surface area contributed by atoms with E-state index in [2.05, 4.69) is 69.3 Å². The molecular weight excluding hydrogens is 306 g/mol. The first kappa shape index (κ1) is 13.8. The molecule has 1 unspecified atom stereocenters. The summed E-state index contributed by atoms with van der Waals surface area (Å²) in [4.78, 5) is 0. The molecule has 0 fully saturated rings. The normalized spacial score (nSPS) is 12.6. The second kappa shape index (κ2) is 7.07. The zero-order valence-electron chi connectivity index (χ0n) is 10.5. The molecule has 0 saturated carbocycles. The molecule has 1 aromatic carbocycles. The molecule has 1 nitrogen and oxygen atoms in total. The molecule has 0 spiro atoms. The van der Waals surface area contributed by atoms with Gasteiger partial charge in [-0.2, -0.15) is 11.3 Å².